The molecule has 0 amide bonds. The number of halogens is 3. The molecular formula is C9H15F3N4OS. The van der Waals surface area contributed by atoms with Gasteiger partial charge in [0.1, 0.15) is 5.25 Å². The molecule has 3 N–H and O–H groups in total. The van der Waals surface area contributed by atoms with Gasteiger partial charge in [-0.15, -0.1) is 5.10 Å². The minimum Gasteiger partial charge on any atom is -0.326 e. The summed E-state index contributed by atoms with van der Waals surface area (Å²) in [4.78, 5) is 11.3. The summed E-state index contributed by atoms with van der Waals surface area (Å²) in [6, 6.07) is -1.04. The van der Waals surface area contributed by atoms with E-state index in [1.807, 2.05) is 0 Å². The first-order valence-electron chi connectivity index (χ1n) is 5.45. The van der Waals surface area contributed by atoms with Gasteiger partial charge in [-0.05, 0) is 13.3 Å². The van der Waals surface area contributed by atoms with Crippen molar-refractivity contribution in [3.8, 4) is 0 Å². The number of alkyl halides is 3. The van der Waals surface area contributed by atoms with Crippen LogP contribution in [0.25, 0.3) is 0 Å². The summed E-state index contributed by atoms with van der Waals surface area (Å²) in [5, 5.41) is 3.95. The molecule has 0 bridgehead atoms. The topological polar surface area (TPSA) is 76.7 Å². The van der Waals surface area contributed by atoms with Gasteiger partial charge in [0.05, 0.1) is 0 Å². The lowest BCUT2D eigenvalue weighted by Crippen LogP contribution is -2.42. The van der Waals surface area contributed by atoms with Crippen LogP contribution in [0.3, 0.4) is 0 Å². The van der Waals surface area contributed by atoms with Crippen molar-refractivity contribution in [2.24, 2.45) is 5.73 Å². The van der Waals surface area contributed by atoms with Crippen LogP contribution in [0.2, 0.25) is 0 Å². The number of nitrogens with two attached hydrogens (primary N) is 1. The van der Waals surface area contributed by atoms with Gasteiger partial charge >= 0.3 is 11.9 Å². The number of nitrogens with one attached hydrogen (secondary N) is 1. The molecule has 5 nitrogen and oxygen atoms in total. The van der Waals surface area contributed by atoms with E-state index in [-0.39, 0.29) is 18.1 Å². The average molecular weight is 284 g/mol. The Morgan fingerprint density at radius 1 is 1.50 bits per heavy atom. The van der Waals surface area contributed by atoms with Crippen molar-refractivity contribution in [1.82, 2.24) is 14.8 Å². The molecule has 0 aromatic carbocycles. The van der Waals surface area contributed by atoms with Crippen LogP contribution in [0.5, 0.6) is 0 Å². The molecule has 0 aliphatic heterocycles. The quantitative estimate of drug-likeness (QED) is 0.800. The molecule has 1 heterocycles. The summed E-state index contributed by atoms with van der Waals surface area (Å²) in [6.45, 7) is 3.49. The molecule has 2 unspecified atom stereocenters. The molecule has 1 aromatic heterocycles. The Balaban J connectivity index is 3.00. The van der Waals surface area contributed by atoms with Crippen LogP contribution in [-0.4, -0.2) is 32.2 Å². The number of hydrogen-bond donors (Lipinski definition) is 2. The number of aromatic amines is 1. The number of nitrogens with zero attached hydrogens (tertiary/aromatic N) is 2. The van der Waals surface area contributed by atoms with Gasteiger partial charge in [-0.1, -0.05) is 18.7 Å². The first-order chi connectivity index (χ1) is 8.31. The Morgan fingerprint density at radius 3 is 2.56 bits per heavy atom. The van der Waals surface area contributed by atoms with E-state index >= 15 is 0 Å². The van der Waals surface area contributed by atoms with E-state index in [1.54, 1.807) is 13.8 Å². The lowest BCUT2D eigenvalue weighted by atomic mass is 10.1. The molecule has 0 radical (unpaired) electrons. The molecule has 104 valence electrons. The van der Waals surface area contributed by atoms with Gasteiger partial charge in [-0.2, -0.15) is 13.2 Å². The fourth-order valence-electron chi connectivity index (χ4n) is 1.40. The monoisotopic (exact) mass is 284 g/mol. The predicted octanol–water partition coefficient (Wildman–Crippen LogP) is 1.35. The first-order valence-corrected chi connectivity index (χ1v) is 6.33. The van der Waals surface area contributed by atoms with E-state index in [1.165, 1.54) is 0 Å². The summed E-state index contributed by atoms with van der Waals surface area (Å²) < 4.78 is 39.7. The van der Waals surface area contributed by atoms with Crippen LogP contribution in [0.1, 0.15) is 20.3 Å². The zero-order chi connectivity index (χ0) is 13.9. The minimum atomic E-state index is -4.44. The maximum Gasteiger partial charge on any atom is 0.402 e. The molecule has 0 saturated heterocycles. The summed E-state index contributed by atoms with van der Waals surface area (Å²) in [5.74, 6) is 0. The van der Waals surface area contributed by atoms with Crippen LogP contribution in [0.15, 0.2) is 9.95 Å². The maximum atomic E-state index is 12.9. The van der Waals surface area contributed by atoms with Crippen LogP contribution in [-0.2, 0) is 6.54 Å². The second-order valence-electron chi connectivity index (χ2n) is 3.71. The maximum absolute atomic E-state index is 12.9. The molecule has 1 aromatic rings. The van der Waals surface area contributed by atoms with Gasteiger partial charge in [0.25, 0.3) is 0 Å². The van der Waals surface area contributed by atoms with Crippen molar-refractivity contribution >= 4 is 11.8 Å². The third-order valence-electron chi connectivity index (χ3n) is 2.45. The average Bonchev–Trinajstić information content (AvgIpc) is 2.64. The van der Waals surface area contributed by atoms with Crippen molar-refractivity contribution in [1.29, 1.82) is 0 Å². The lowest BCUT2D eigenvalue weighted by molar-refractivity contribution is -0.132. The van der Waals surface area contributed by atoms with Crippen LogP contribution < -0.4 is 11.4 Å². The smallest absolute Gasteiger partial charge is 0.326 e. The van der Waals surface area contributed by atoms with E-state index in [0.29, 0.717) is 11.8 Å². The fourth-order valence-corrected chi connectivity index (χ4v) is 2.56. The van der Waals surface area contributed by atoms with Crippen molar-refractivity contribution in [2.45, 2.75) is 49.4 Å². The van der Waals surface area contributed by atoms with Gasteiger partial charge in [0.15, 0.2) is 5.16 Å². The highest BCUT2D eigenvalue weighted by Gasteiger charge is 2.44. The third-order valence-corrected chi connectivity index (χ3v) is 3.85. The molecular weight excluding hydrogens is 269 g/mol. The van der Waals surface area contributed by atoms with Crippen molar-refractivity contribution in [3.05, 3.63) is 10.5 Å². The highest BCUT2D eigenvalue weighted by molar-refractivity contribution is 7.99. The molecule has 0 aliphatic rings. The molecule has 0 spiro atoms. The van der Waals surface area contributed by atoms with E-state index in [2.05, 4.69) is 10.2 Å². The van der Waals surface area contributed by atoms with Gasteiger partial charge < -0.3 is 5.73 Å². The highest BCUT2D eigenvalue weighted by Crippen LogP contribution is 2.36. The Hall–Kier alpha value is -0.960. The molecule has 18 heavy (non-hydrogen) atoms. The van der Waals surface area contributed by atoms with E-state index in [4.69, 9.17) is 5.73 Å². The summed E-state index contributed by atoms with van der Waals surface area (Å²) in [7, 11) is 0. The third kappa shape index (κ3) is 3.29. The normalized spacial score (nSPS) is 15.7. The molecule has 0 saturated carbocycles. The van der Waals surface area contributed by atoms with Crippen molar-refractivity contribution in [3.63, 3.8) is 0 Å². The molecule has 9 heteroatoms. The second-order valence-corrected chi connectivity index (χ2v) is 4.82. The number of aromatic nitrogens is 3. The van der Waals surface area contributed by atoms with Gasteiger partial charge in [0, 0.05) is 12.6 Å². The summed E-state index contributed by atoms with van der Waals surface area (Å²) in [5.41, 5.74) is 4.96. The van der Waals surface area contributed by atoms with E-state index in [0.717, 1.165) is 4.57 Å². The zero-order valence-corrected chi connectivity index (χ0v) is 10.8. The van der Waals surface area contributed by atoms with E-state index < -0.39 is 23.2 Å². The van der Waals surface area contributed by atoms with Gasteiger partial charge in [0.2, 0.25) is 0 Å². The SMILES string of the molecule is CCC(N)C(Sc1n[nH]c(=O)n1CC)C(F)(F)F. The first kappa shape index (κ1) is 15.1. The largest absolute Gasteiger partial charge is 0.402 e. The number of H-pyrrole nitrogens is 1. The Labute approximate surface area is 106 Å². The summed E-state index contributed by atoms with van der Waals surface area (Å²) >= 11 is 0.471. The molecule has 0 fully saturated rings. The predicted molar refractivity (Wildman–Crippen MR) is 62.5 cm³/mol. The lowest BCUT2D eigenvalue weighted by Gasteiger charge is -2.24. The van der Waals surface area contributed by atoms with Crippen molar-refractivity contribution < 1.29 is 13.2 Å². The minimum absolute atomic E-state index is 0.00808. The molecule has 1 rings (SSSR count). The number of rotatable bonds is 5. The number of hydrogen-bond acceptors (Lipinski definition) is 4. The zero-order valence-electron chi connectivity index (χ0n) is 9.99. The van der Waals surface area contributed by atoms with Crippen molar-refractivity contribution in [2.75, 3.05) is 0 Å². The summed E-state index contributed by atoms with van der Waals surface area (Å²) in [6.07, 6.45) is -4.24. The molecule has 2 atom stereocenters. The van der Waals surface area contributed by atoms with Crippen LogP contribution >= 0.6 is 11.8 Å². The van der Waals surface area contributed by atoms with Gasteiger partial charge in [-0.3, -0.25) is 4.57 Å². The Kier molecular flexibility index (Phi) is 4.85. The number of thioether (sulfide) groups is 1. The second kappa shape index (κ2) is 5.79. The van der Waals surface area contributed by atoms with Crippen LogP contribution in [0.4, 0.5) is 13.2 Å². The van der Waals surface area contributed by atoms with Gasteiger partial charge in [-0.25, -0.2) is 9.89 Å². The molecule has 0 aliphatic carbocycles. The van der Waals surface area contributed by atoms with E-state index in [9.17, 15) is 18.0 Å². The fraction of sp³-hybridized carbons (Fsp3) is 0.778. The van der Waals surface area contributed by atoms with Crippen LogP contribution in [0, 0.1) is 0 Å². The standard InChI is InChI=1S/C9H15F3N4OS/c1-3-5(13)6(9(10,11)12)18-8-15-14-7(17)16(8)4-2/h5-6H,3-4,13H2,1-2H3,(H,14,17). The highest BCUT2D eigenvalue weighted by atomic mass is 32.2. The Morgan fingerprint density at radius 2 is 2.11 bits per heavy atom. The Bertz CT molecular complexity index is 442.